The van der Waals surface area contributed by atoms with E-state index in [2.05, 4.69) is 93.2 Å². The van der Waals surface area contributed by atoms with E-state index in [9.17, 15) is 0 Å². The SMILES string of the molecule is Cc1ccccc1-c1cc2c(C)c3ccccc3c(C)c2c[n+]1C. The van der Waals surface area contributed by atoms with Crippen LogP contribution in [0.1, 0.15) is 16.7 Å². The fourth-order valence-electron chi connectivity index (χ4n) is 3.81. The van der Waals surface area contributed by atoms with Crippen LogP contribution in [0, 0.1) is 20.8 Å². The molecule has 0 aliphatic rings. The molecule has 0 atom stereocenters. The normalized spacial score (nSPS) is 11.3. The summed E-state index contributed by atoms with van der Waals surface area (Å²) in [5.74, 6) is 0. The van der Waals surface area contributed by atoms with Crippen LogP contribution in [0.3, 0.4) is 0 Å². The number of nitrogens with zero attached hydrogens (tertiary/aromatic N) is 1. The molecule has 0 radical (unpaired) electrons. The van der Waals surface area contributed by atoms with Gasteiger partial charge in [0.2, 0.25) is 5.69 Å². The third-order valence-corrected chi connectivity index (χ3v) is 5.24. The maximum Gasteiger partial charge on any atom is 0.213 e. The number of pyridine rings is 1. The van der Waals surface area contributed by atoms with Gasteiger partial charge in [0.05, 0.1) is 0 Å². The van der Waals surface area contributed by atoms with E-state index in [1.807, 2.05) is 0 Å². The minimum atomic E-state index is 1.26. The molecule has 0 amide bonds. The van der Waals surface area contributed by atoms with Gasteiger partial charge in [-0.15, -0.1) is 0 Å². The molecule has 4 aromatic rings. The standard InChI is InChI=1S/C23H22N/c1-15-9-5-6-10-18(15)23-13-21-16(2)19-11-7-8-12-20(19)17(3)22(21)14-24(23)4/h5-14H,1-4H3/q+1. The highest BCUT2D eigenvalue weighted by atomic mass is 14.9. The molecule has 0 spiro atoms. The fraction of sp³-hybridized carbons (Fsp3) is 0.174. The van der Waals surface area contributed by atoms with Gasteiger partial charge < -0.3 is 0 Å². The van der Waals surface area contributed by atoms with E-state index < -0.39 is 0 Å². The first-order valence-electron chi connectivity index (χ1n) is 8.45. The van der Waals surface area contributed by atoms with Crippen molar-refractivity contribution in [1.29, 1.82) is 0 Å². The first-order valence-corrected chi connectivity index (χ1v) is 8.45. The Morgan fingerprint density at radius 3 is 1.92 bits per heavy atom. The average Bonchev–Trinajstić information content (AvgIpc) is 2.60. The van der Waals surface area contributed by atoms with Gasteiger partial charge >= 0.3 is 0 Å². The van der Waals surface area contributed by atoms with Crippen LogP contribution in [0.15, 0.2) is 60.8 Å². The summed E-state index contributed by atoms with van der Waals surface area (Å²) in [6, 6.07) is 19.7. The molecule has 0 aliphatic heterocycles. The van der Waals surface area contributed by atoms with Crippen LogP contribution in [0.25, 0.3) is 32.8 Å². The molecule has 1 aromatic heterocycles. The third kappa shape index (κ3) is 2.12. The van der Waals surface area contributed by atoms with Crippen LogP contribution in [0.4, 0.5) is 0 Å². The summed E-state index contributed by atoms with van der Waals surface area (Å²) < 4.78 is 2.26. The van der Waals surface area contributed by atoms with Crippen molar-refractivity contribution in [3.63, 3.8) is 0 Å². The summed E-state index contributed by atoms with van der Waals surface area (Å²) in [4.78, 5) is 0. The molecule has 24 heavy (non-hydrogen) atoms. The molecular weight excluding hydrogens is 290 g/mol. The van der Waals surface area contributed by atoms with Gasteiger partial charge in [-0.1, -0.05) is 42.5 Å². The molecule has 4 rings (SSSR count). The molecule has 0 aliphatic carbocycles. The minimum absolute atomic E-state index is 1.26. The van der Waals surface area contributed by atoms with Crippen LogP contribution < -0.4 is 4.57 Å². The van der Waals surface area contributed by atoms with Gasteiger partial charge in [-0.3, -0.25) is 0 Å². The Bertz CT molecular complexity index is 1090. The van der Waals surface area contributed by atoms with E-state index >= 15 is 0 Å². The van der Waals surface area contributed by atoms with Crippen molar-refractivity contribution < 1.29 is 4.57 Å². The Kier molecular flexibility index (Phi) is 3.38. The lowest BCUT2D eigenvalue weighted by Gasteiger charge is -2.13. The van der Waals surface area contributed by atoms with Gasteiger partial charge in [-0.25, -0.2) is 4.57 Å². The molecular formula is C23H22N+. The summed E-state index contributed by atoms with van der Waals surface area (Å²) in [6.45, 7) is 6.65. The van der Waals surface area contributed by atoms with Crippen LogP contribution in [0.2, 0.25) is 0 Å². The molecule has 0 N–H and O–H groups in total. The van der Waals surface area contributed by atoms with Gasteiger partial charge in [0.15, 0.2) is 6.20 Å². The number of rotatable bonds is 1. The lowest BCUT2D eigenvalue weighted by molar-refractivity contribution is -0.659. The van der Waals surface area contributed by atoms with Crippen molar-refractivity contribution in [1.82, 2.24) is 0 Å². The lowest BCUT2D eigenvalue weighted by Crippen LogP contribution is -2.30. The fourth-order valence-corrected chi connectivity index (χ4v) is 3.81. The topological polar surface area (TPSA) is 3.88 Å². The highest BCUT2D eigenvalue weighted by molar-refractivity contribution is 6.05. The number of benzene rings is 3. The highest BCUT2D eigenvalue weighted by Crippen LogP contribution is 2.33. The summed E-state index contributed by atoms with van der Waals surface area (Å²) >= 11 is 0. The Morgan fingerprint density at radius 1 is 0.667 bits per heavy atom. The van der Waals surface area contributed by atoms with Crippen molar-refractivity contribution in [3.05, 3.63) is 77.5 Å². The predicted molar refractivity (Wildman–Crippen MR) is 102 cm³/mol. The van der Waals surface area contributed by atoms with E-state index in [1.165, 1.54) is 49.5 Å². The first kappa shape index (κ1) is 14.9. The molecule has 1 heterocycles. The summed E-state index contributed by atoms with van der Waals surface area (Å²) in [7, 11) is 2.14. The zero-order chi connectivity index (χ0) is 16.8. The van der Waals surface area contributed by atoms with Gasteiger partial charge in [0, 0.05) is 17.0 Å². The Morgan fingerprint density at radius 2 is 1.25 bits per heavy atom. The molecule has 0 unspecified atom stereocenters. The van der Waals surface area contributed by atoms with Crippen molar-refractivity contribution in [2.45, 2.75) is 20.8 Å². The molecule has 1 nitrogen and oxygen atoms in total. The van der Waals surface area contributed by atoms with Crippen molar-refractivity contribution in [3.8, 4) is 11.3 Å². The molecule has 0 saturated heterocycles. The van der Waals surface area contributed by atoms with E-state index in [1.54, 1.807) is 0 Å². The molecule has 3 aromatic carbocycles. The molecule has 0 bridgehead atoms. The quantitative estimate of drug-likeness (QED) is 0.327. The summed E-state index contributed by atoms with van der Waals surface area (Å²) in [6.07, 6.45) is 2.28. The van der Waals surface area contributed by atoms with E-state index in [-0.39, 0.29) is 0 Å². The Balaban J connectivity index is 2.14. The third-order valence-electron chi connectivity index (χ3n) is 5.24. The van der Waals surface area contributed by atoms with Crippen molar-refractivity contribution >= 4 is 21.5 Å². The first-order chi connectivity index (χ1) is 11.6. The van der Waals surface area contributed by atoms with Gasteiger partial charge in [0.1, 0.15) is 7.05 Å². The van der Waals surface area contributed by atoms with E-state index in [0.717, 1.165) is 0 Å². The molecule has 118 valence electrons. The second-order valence-electron chi connectivity index (χ2n) is 6.71. The second kappa shape index (κ2) is 5.45. The minimum Gasteiger partial charge on any atom is -0.200 e. The van der Waals surface area contributed by atoms with Gasteiger partial charge in [0.25, 0.3) is 0 Å². The van der Waals surface area contributed by atoms with E-state index in [4.69, 9.17) is 0 Å². The number of fused-ring (bicyclic) bond motifs is 2. The predicted octanol–water partition coefficient (Wildman–Crippen LogP) is 5.41. The summed E-state index contributed by atoms with van der Waals surface area (Å²) in [5, 5.41) is 5.40. The number of hydrogen-bond donors (Lipinski definition) is 0. The van der Waals surface area contributed by atoms with Crippen LogP contribution in [-0.4, -0.2) is 0 Å². The zero-order valence-corrected chi connectivity index (χ0v) is 14.7. The monoisotopic (exact) mass is 312 g/mol. The highest BCUT2D eigenvalue weighted by Gasteiger charge is 2.17. The second-order valence-corrected chi connectivity index (χ2v) is 6.71. The largest absolute Gasteiger partial charge is 0.213 e. The van der Waals surface area contributed by atoms with Gasteiger partial charge in [-0.2, -0.15) is 0 Å². The zero-order valence-electron chi connectivity index (χ0n) is 14.7. The van der Waals surface area contributed by atoms with Crippen molar-refractivity contribution in [2.24, 2.45) is 7.05 Å². The average molecular weight is 312 g/mol. The molecule has 0 fully saturated rings. The van der Waals surface area contributed by atoms with Gasteiger partial charge in [-0.05, 0) is 59.7 Å². The van der Waals surface area contributed by atoms with Crippen LogP contribution in [-0.2, 0) is 7.05 Å². The molecule has 0 saturated carbocycles. The number of hydrogen-bond acceptors (Lipinski definition) is 0. The maximum absolute atomic E-state index is 2.35. The summed E-state index contributed by atoms with van der Waals surface area (Å²) in [5.41, 5.74) is 6.59. The number of aryl methyl sites for hydroxylation is 4. The Hall–Kier alpha value is -2.67. The number of aromatic nitrogens is 1. The maximum atomic E-state index is 2.35. The smallest absolute Gasteiger partial charge is 0.200 e. The van der Waals surface area contributed by atoms with Crippen LogP contribution in [0.5, 0.6) is 0 Å². The van der Waals surface area contributed by atoms with Crippen molar-refractivity contribution in [2.75, 3.05) is 0 Å². The van der Waals surface area contributed by atoms with E-state index in [0.29, 0.717) is 0 Å². The Labute approximate surface area is 143 Å². The van der Waals surface area contributed by atoms with Crippen LogP contribution >= 0.6 is 0 Å². The lowest BCUT2D eigenvalue weighted by atomic mass is 9.92. The molecule has 1 heteroatoms.